The van der Waals surface area contributed by atoms with Crippen molar-refractivity contribution in [1.29, 1.82) is 0 Å². The van der Waals surface area contributed by atoms with E-state index in [0.717, 1.165) is 42.0 Å². The highest BCUT2D eigenvalue weighted by atomic mass is 19.4. The molecule has 51 heavy (non-hydrogen) atoms. The SMILES string of the molecule is CC(=O)c1nn2c3c(cc(-c4cnc(C)nc4)cc13)CCCC/C=C/COC[C@@]13C[C@@H](C(=O)Nc4nc(C(F)(F)F)ccc4C)N(C(=O)C2)[C@@H]1C3. The number of halogens is 3. The van der Waals surface area contributed by atoms with Crippen molar-refractivity contribution in [2.45, 2.75) is 84.1 Å². The quantitative estimate of drug-likeness (QED) is 0.202. The van der Waals surface area contributed by atoms with Crippen LogP contribution in [0.25, 0.3) is 22.0 Å². The van der Waals surface area contributed by atoms with Crippen molar-refractivity contribution < 1.29 is 32.3 Å². The summed E-state index contributed by atoms with van der Waals surface area (Å²) < 4.78 is 48.0. The summed E-state index contributed by atoms with van der Waals surface area (Å²) in [5.41, 5.74) is 2.17. The molecule has 11 nitrogen and oxygen atoms in total. The van der Waals surface area contributed by atoms with E-state index in [1.807, 2.05) is 18.2 Å². The zero-order valence-corrected chi connectivity index (χ0v) is 28.6. The summed E-state index contributed by atoms with van der Waals surface area (Å²) in [6, 6.07) is 4.74. The summed E-state index contributed by atoms with van der Waals surface area (Å²) in [6.07, 6.45) is 6.99. The fourth-order valence-electron chi connectivity index (χ4n) is 7.41. The number of hydrogen-bond acceptors (Lipinski definition) is 8. The topological polar surface area (TPSA) is 132 Å². The number of nitrogens with zero attached hydrogens (tertiary/aromatic N) is 6. The summed E-state index contributed by atoms with van der Waals surface area (Å²) in [7, 11) is 0. The van der Waals surface area contributed by atoms with Gasteiger partial charge in [0.25, 0.3) is 0 Å². The van der Waals surface area contributed by atoms with Gasteiger partial charge in [-0.1, -0.05) is 18.2 Å². The minimum Gasteiger partial charge on any atom is -0.377 e. The zero-order valence-electron chi connectivity index (χ0n) is 28.6. The molecule has 2 bridgehead atoms. The molecule has 1 saturated carbocycles. The van der Waals surface area contributed by atoms with Gasteiger partial charge in [0.1, 0.15) is 35.6 Å². The molecule has 1 N–H and O–H groups in total. The molecule has 3 aromatic heterocycles. The van der Waals surface area contributed by atoms with Crippen LogP contribution in [0.3, 0.4) is 0 Å². The number of Topliss-reactive ketones (excluding diaryl/α,β-unsaturated/α-hetero) is 1. The zero-order chi connectivity index (χ0) is 36.1. The van der Waals surface area contributed by atoms with Crippen LogP contribution >= 0.6 is 0 Å². The maximum absolute atomic E-state index is 14.4. The molecular formula is C37H38F3N7O4. The summed E-state index contributed by atoms with van der Waals surface area (Å²) in [6.45, 7) is 5.26. The number of carbonyl (C=O) groups is 3. The maximum Gasteiger partial charge on any atom is 0.433 e. The van der Waals surface area contributed by atoms with Gasteiger partial charge in [0.15, 0.2) is 5.78 Å². The lowest BCUT2D eigenvalue weighted by molar-refractivity contribution is -0.141. The number of carbonyl (C=O) groups excluding carboxylic acids is 3. The predicted octanol–water partition coefficient (Wildman–Crippen LogP) is 6.02. The molecule has 266 valence electrons. The molecule has 0 radical (unpaired) electrons. The lowest BCUT2D eigenvalue weighted by Crippen LogP contribution is -2.47. The standard InChI is InChI=1S/C37H38F3N7O4/c1-21-10-11-29(37(38,39)40)43-34(21)44-35(50)28-15-36-16-30(36)47(28)31(49)19-46-33-24(9-7-5-4-6-8-12-51-20-36)13-25(26-17-41-23(3)42-18-26)14-27(33)32(45-46)22(2)48/h6,8,10-11,13-14,17-18,28,30H,4-5,7,9,12,15-16,19-20H2,1-3H3,(H,43,44,50)/b8-6+/t28-,30+,36-/m0/s1. The van der Waals surface area contributed by atoms with Crippen molar-refractivity contribution in [2.24, 2.45) is 5.41 Å². The first-order valence-electron chi connectivity index (χ1n) is 17.1. The fourth-order valence-corrected chi connectivity index (χ4v) is 7.41. The van der Waals surface area contributed by atoms with E-state index < -0.39 is 29.2 Å². The molecule has 1 aliphatic carbocycles. The number of ether oxygens (including phenoxy) is 1. The van der Waals surface area contributed by atoms with Crippen LogP contribution in [0.4, 0.5) is 19.0 Å². The fraction of sp³-hybridized carbons (Fsp3) is 0.432. The molecule has 4 aromatic rings. The molecule has 7 rings (SSSR count). The van der Waals surface area contributed by atoms with Gasteiger partial charge in [-0.25, -0.2) is 15.0 Å². The van der Waals surface area contributed by atoms with Crippen LogP contribution in [0.2, 0.25) is 0 Å². The van der Waals surface area contributed by atoms with Crippen LogP contribution in [0.1, 0.15) is 72.2 Å². The molecule has 2 fully saturated rings. The Hall–Kier alpha value is -4.98. The number of benzene rings is 1. The Bertz CT molecular complexity index is 2060. The second-order valence-electron chi connectivity index (χ2n) is 13.8. The highest BCUT2D eigenvalue weighted by Gasteiger charge is 2.67. The molecule has 0 unspecified atom stereocenters. The number of allylic oxidation sites excluding steroid dienone is 1. The number of hydrogen-bond donors (Lipinski definition) is 1. The predicted molar refractivity (Wildman–Crippen MR) is 182 cm³/mol. The highest BCUT2D eigenvalue weighted by Crippen LogP contribution is 2.60. The van der Waals surface area contributed by atoms with Crippen LogP contribution in [-0.2, 0) is 33.5 Å². The number of piperidine rings is 1. The van der Waals surface area contributed by atoms with E-state index in [-0.39, 0.29) is 42.2 Å². The summed E-state index contributed by atoms with van der Waals surface area (Å²) in [5.74, 6) is -0.856. The van der Waals surface area contributed by atoms with E-state index in [1.54, 1.807) is 30.9 Å². The Kier molecular flexibility index (Phi) is 8.98. The Morgan fingerprint density at radius 1 is 1.04 bits per heavy atom. The third kappa shape index (κ3) is 6.76. The average molecular weight is 702 g/mol. The normalized spacial score (nSPS) is 23.1. The van der Waals surface area contributed by atoms with Gasteiger partial charge in [-0.3, -0.25) is 19.1 Å². The Morgan fingerprint density at radius 2 is 1.82 bits per heavy atom. The van der Waals surface area contributed by atoms with Crippen molar-refractivity contribution in [3.63, 3.8) is 0 Å². The van der Waals surface area contributed by atoms with Gasteiger partial charge in [-0.2, -0.15) is 18.3 Å². The number of aromatic nitrogens is 5. The number of amides is 2. The van der Waals surface area contributed by atoms with E-state index in [0.29, 0.717) is 48.3 Å². The van der Waals surface area contributed by atoms with Gasteiger partial charge in [0, 0.05) is 41.7 Å². The van der Waals surface area contributed by atoms with Crippen LogP contribution in [0.15, 0.2) is 48.8 Å². The Balaban J connectivity index is 1.27. The first-order valence-corrected chi connectivity index (χ1v) is 17.1. The second-order valence-corrected chi connectivity index (χ2v) is 13.8. The number of aryl methyl sites for hydroxylation is 3. The van der Waals surface area contributed by atoms with Crippen LogP contribution in [0.5, 0.6) is 0 Å². The van der Waals surface area contributed by atoms with Gasteiger partial charge in [0.2, 0.25) is 11.8 Å². The molecule has 5 heterocycles. The van der Waals surface area contributed by atoms with Gasteiger partial charge in [-0.15, -0.1) is 0 Å². The van der Waals surface area contributed by atoms with Gasteiger partial charge in [0.05, 0.1) is 18.7 Å². The highest BCUT2D eigenvalue weighted by molar-refractivity contribution is 6.07. The molecule has 2 amide bonds. The minimum atomic E-state index is -4.70. The van der Waals surface area contributed by atoms with E-state index in [1.165, 1.54) is 17.9 Å². The van der Waals surface area contributed by atoms with Crippen LogP contribution in [0, 0.1) is 19.3 Å². The lowest BCUT2D eigenvalue weighted by Gasteiger charge is -2.27. The molecule has 3 aliphatic rings. The maximum atomic E-state index is 14.4. The number of alkyl halides is 3. The summed E-state index contributed by atoms with van der Waals surface area (Å²) in [4.78, 5) is 55.2. The minimum absolute atomic E-state index is 0.212. The summed E-state index contributed by atoms with van der Waals surface area (Å²) >= 11 is 0. The lowest BCUT2D eigenvalue weighted by atomic mass is 9.97. The average Bonchev–Trinajstić information content (AvgIpc) is 3.48. The largest absolute Gasteiger partial charge is 0.433 e. The number of anilines is 1. The van der Waals surface area contributed by atoms with Crippen molar-refractivity contribution >= 4 is 34.3 Å². The van der Waals surface area contributed by atoms with Gasteiger partial charge in [-0.05, 0) is 87.3 Å². The van der Waals surface area contributed by atoms with Crippen molar-refractivity contribution in [2.75, 3.05) is 18.5 Å². The number of ketones is 1. The Labute approximate surface area is 292 Å². The molecule has 14 heteroatoms. The van der Waals surface area contributed by atoms with Gasteiger partial charge >= 0.3 is 6.18 Å². The first kappa shape index (κ1) is 34.5. The first-order chi connectivity index (χ1) is 24.3. The van der Waals surface area contributed by atoms with Crippen LogP contribution in [-0.4, -0.2) is 72.5 Å². The number of rotatable bonds is 4. The third-order valence-corrected chi connectivity index (χ3v) is 10.1. The molecule has 1 saturated heterocycles. The summed E-state index contributed by atoms with van der Waals surface area (Å²) in [5, 5.41) is 7.86. The molecular weight excluding hydrogens is 663 g/mol. The van der Waals surface area contributed by atoms with E-state index in [9.17, 15) is 27.6 Å². The number of pyridine rings is 1. The van der Waals surface area contributed by atoms with E-state index in [4.69, 9.17) is 4.74 Å². The van der Waals surface area contributed by atoms with Crippen molar-refractivity contribution in [3.8, 4) is 11.1 Å². The molecule has 2 aliphatic heterocycles. The van der Waals surface area contributed by atoms with E-state index in [2.05, 4.69) is 31.4 Å². The van der Waals surface area contributed by atoms with E-state index >= 15 is 0 Å². The molecule has 1 aromatic carbocycles. The monoisotopic (exact) mass is 701 g/mol. The van der Waals surface area contributed by atoms with Crippen LogP contribution < -0.4 is 5.32 Å². The molecule has 3 atom stereocenters. The third-order valence-electron chi connectivity index (χ3n) is 10.1. The molecule has 0 spiro atoms. The second kappa shape index (κ2) is 13.3. The number of nitrogens with one attached hydrogen (secondary N) is 1. The Morgan fingerprint density at radius 3 is 2.57 bits per heavy atom. The van der Waals surface area contributed by atoms with Crippen molar-refractivity contribution in [3.05, 3.63) is 77.2 Å². The smallest absolute Gasteiger partial charge is 0.377 e. The van der Waals surface area contributed by atoms with Crippen molar-refractivity contribution in [1.82, 2.24) is 29.6 Å². The van der Waals surface area contributed by atoms with Gasteiger partial charge < -0.3 is 15.0 Å².